The summed E-state index contributed by atoms with van der Waals surface area (Å²) >= 11 is 6.54. The molecule has 1 saturated heterocycles. The average molecular weight is 482 g/mol. The second-order valence-electron chi connectivity index (χ2n) is 7.34. The monoisotopic (exact) mass is 481 g/mol. The molecule has 0 radical (unpaired) electrons. The van der Waals surface area contributed by atoms with Gasteiger partial charge < -0.3 is 24.4 Å². The number of carbonyl (C=O) groups excluding carboxylic acids is 1. The molecule has 0 atom stereocenters. The Hall–Kier alpha value is -3.46. The van der Waals surface area contributed by atoms with Crippen molar-refractivity contribution in [1.29, 1.82) is 0 Å². The third kappa shape index (κ3) is 4.75. The Morgan fingerprint density at radius 2 is 1.82 bits per heavy atom. The Labute approximate surface area is 202 Å². The van der Waals surface area contributed by atoms with E-state index in [0.29, 0.717) is 34.9 Å². The van der Waals surface area contributed by atoms with Crippen LogP contribution in [0.5, 0.6) is 5.88 Å². The van der Waals surface area contributed by atoms with Gasteiger partial charge in [-0.2, -0.15) is 0 Å². The lowest BCUT2D eigenvalue weighted by atomic mass is 9.99. The minimum absolute atomic E-state index is 0.110. The molecule has 8 nitrogen and oxygen atoms in total. The highest BCUT2D eigenvalue weighted by Gasteiger charge is 2.41. The number of ether oxygens (including phenoxy) is 3. The summed E-state index contributed by atoms with van der Waals surface area (Å²) in [7, 11) is 2.91. The third-order valence-electron chi connectivity index (χ3n) is 5.30. The maximum atomic E-state index is 12.3. The molecule has 0 unspecified atom stereocenters. The lowest BCUT2D eigenvalue weighted by Crippen LogP contribution is -2.29. The van der Waals surface area contributed by atoms with Gasteiger partial charge in [-0.1, -0.05) is 71.4 Å². The Balaban J connectivity index is 1.59. The van der Waals surface area contributed by atoms with Crippen LogP contribution in [-0.4, -0.2) is 44.0 Å². The number of likely N-dealkylation sites (N-methyl/N-ethyl adjacent to an activating group) is 1. The molecule has 1 aliphatic rings. The van der Waals surface area contributed by atoms with Crippen molar-refractivity contribution in [3.8, 4) is 5.88 Å². The number of nitrogens with one attached hydrogen (secondary N) is 1. The van der Waals surface area contributed by atoms with Crippen LogP contribution in [0, 0.1) is 0 Å². The van der Waals surface area contributed by atoms with Gasteiger partial charge in [0, 0.05) is 29.9 Å². The van der Waals surface area contributed by atoms with Gasteiger partial charge in [0.15, 0.2) is 5.71 Å². The fourth-order valence-electron chi connectivity index (χ4n) is 3.73. The molecule has 1 N–H and O–H groups in total. The molecule has 0 saturated carbocycles. The lowest BCUT2D eigenvalue weighted by Gasteiger charge is -2.28. The molecule has 0 bridgehead atoms. The zero-order chi connectivity index (χ0) is 24.0. The van der Waals surface area contributed by atoms with Gasteiger partial charge in [-0.3, -0.25) is 4.79 Å². The van der Waals surface area contributed by atoms with E-state index in [0.717, 1.165) is 5.56 Å². The summed E-state index contributed by atoms with van der Waals surface area (Å²) in [5.74, 6) is -1.20. The van der Waals surface area contributed by atoms with Crippen LogP contribution in [0.4, 0.5) is 0 Å². The largest absolute Gasteiger partial charge is 0.472 e. The molecule has 0 spiro atoms. The second kappa shape index (κ2) is 10.6. The molecule has 1 aliphatic heterocycles. The molecule has 3 aromatic rings. The first-order chi connectivity index (χ1) is 16.6. The Morgan fingerprint density at radius 1 is 1.12 bits per heavy atom. The van der Waals surface area contributed by atoms with Gasteiger partial charge in [0.25, 0.3) is 5.91 Å². The van der Waals surface area contributed by atoms with Crippen LogP contribution in [-0.2, 0) is 31.5 Å². The zero-order valence-corrected chi connectivity index (χ0v) is 19.5. The highest BCUT2D eigenvalue weighted by atomic mass is 35.5. The van der Waals surface area contributed by atoms with E-state index in [4.69, 9.17) is 30.6 Å². The summed E-state index contributed by atoms with van der Waals surface area (Å²) in [6.45, 7) is 1.02. The number of rotatable bonds is 8. The number of carbonyl (C=O) groups is 1. The van der Waals surface area contributed by atoms with Gasteiger partial charge in [0.2, 0.25) is 11.7 Å². The molecular weight excluding hydrogens is 458 g/mol. The van der Waals surface area contributed by atoms with Crippen LogP contribution >= 0.6 is 11.6 Å². The number of oxime groups is 1. The van der Waals surface area contributed by atoms with Gasteiger partial charge in [-0.15, -0.1) is 0 Å². The molecule has 4 rings (SSSR count). The number of benzene rings is 2. The van der Waals surface area contributed by atoms with Crippen LogP contribution in [0.2, 0.25) is 5.02 Å². The molecule has 2 heterocycles. The van der Waals surface area contributed by atoms with Gasteiger partial charge in [-0.05, 0) is 11.6 Å². The van der Waals surface area contributed by atoms with E-state index in [2.05, 4.69) is 15.5 Å². The minimum atomic E-state index is -1.07. The highest BCUT2D eigenvalue weighted by molar-refractivity contribution is 6.45. The van der Waals surface area contributed by atoms with Crippen molar-refractivity contribution < 1.29 is 23.8 Å². The SMILES string of the molecule is CNC(=O)/C(=N\OC)c1ccccc1COc1ncc(C2(c3ccccc3)OCCO2)cc1Cl. The molecule has 0 aliphatic carbocycles. The maximum Gasteiger partial charge on any atom is 0.273 e. The van der Waals surface area contributed by atoms with Crippen molar-refractivity contribution in [2.24, 2.45) is 5.16 Å². The van der Waals surface area contributed by atoms with Crippen molar-refractivity contribution >= 4 is 23.2 Å². The van der Waals surface area contributed by atoms with Gasteiger partial charge in [0.05, 0.1) is 13.2 Å². The van der Waals surface area contributed by atoms with Crippen molar-refractivity contribution in [3.63, 3.8) is 0 Å². The van der Waals surface area contributed by atoms with Crippen molar-refractivity contribution in [2.45, 2.75) is 12.4 Å². The first-order valence-corrected chi connectivity index (χ1v) is 11.0. The fourth-order valence-corrected chi connectivity index (χ4v) is 3.95. The van der Waals surface area contributed by atoms with Gasteiger partial charge >= 0.3 is 0 Å². The van der Waals surface area contributed by atoms with Crippen LogP contribution in [0.15, 0.2) is 72.0 Å². The van der Waals surface area contributed by atoms with Crippen LogP contribution < -0.4 is 10.1 Å². The quantitative estimate of drug-likeness (QED) is 0.390. The minimum Gasteiger partial charge on any atom is -0.472 e. The number of pyridine rings is 1. The average Bonchev–Trinajstić information content (AvgIpc) is 3.38. The fraction of sp³-hybridized carbons (Fsp3) is 0.240. The van der Waals surface area contributed by atoms with E-state index in [1.54, 1.807) is 24.4 Å². The topological polar surface area (TPSA) is 91.3 Å². The van der Waals surface area contributed by atoms with E-state index in [1.807, 2.05) is 42.5 Å². The normalized spacial score (nSPS) is 15.1. The standard InChI is InChI=1S/C25H24ClN3O5/c1-27-23(30)22(29-31-2)20-11-7-6-8-17(20)16-32-24-21(26)14-19(15-28-24)25(33-12-13-34-25)18-9-4-3-5-10-18/h3-11,14-15H,12-13,16H2,1-2H3,(H,27,30)/b29-22-. The summed E-state index contributed by atoms with van der Waals surface area (Å²) < 4.78 is 17.9. The van der Waals surface area contributed by atoms with Crippen LogP contribution in [0.1, 0.15) is 22.3 Å². The molecule has 1 amide bonds. The summed E-state index contributed by atoms with van der Waals surface area (Å²) in [6, 6.07) is 18.6. The molecule has 1 fully saturated rings. The predicted molar refractivity (Wildman–Crippen MR) is 127 cm³/mol. The molecule has 176 valence electrons. The smallest absolute Gasteiger partial charge is 0.273 e. The lowest BCUT2D eigenvalue weighted by molar-refractivity contribution is -0.130. The Morgan fingerprint density at radius 3 is 2.50 bits per heavy atom. The van der Waals surface area contributed by atoms with E-state index >= 15 is 0 Å². The molecule has 1 aromatic heterocycles. The molecule has 34 heavy (non-hydrogen) atoms. The number of halogens is 1. The van der Waals surface area contributed by atoms with Crippen molar-refractivity contribution in [3.05, 3.63) is 94.1 Å². The first-order valence-electron chi connectivity index (χ1n) is 10.6. The number of hydrogen-bond acceptors (Lipinski definition) is 7. The number of aromatic nitrogens is 1. The summed E-state index contributed by atoms with van der Waals surface area (Å²) in [5.41, 5.74) is 2.95. The molecule has 9 heteroatoms. The molecular formula is C25H24ClN3O5. The van der Waals surface area contributed by atoms with E-state index < -0.39 is 5.79 Å². The number of nitrogens with zero attached hydrogens (tertiary/aromatic N) is 2. The summed E-state index contributed by atoms with van der Waals surface area (Å²) in [6.07, 6.45) is 1.63. The van der Waals surface area contributed by atoms with Crippen molar-refractivity contribution in [2.75, 3.05) is 27.4 Å². The second-order valence-corrected chi connectivity index (χ2v) is 7.75. The van der Waals surface area contributed by atoms with Crippen molar-refractivity contribution in [1.82, 2.24) is 10.3 Å². The van der Waals surface area contributed by atoms with Gasteiger partial charge in [0.1, 0.15) is 18.7 Å². The zero-order valence-electron chi connectivity index (χ0n) is 18.8. The summed E-state index contributed by atoms with van der Waals surface area (Å²) in [5, 5.41) is 6.74. The Bertz CT molecular complexity index is 1180. The van der Waals surface area contributed by atoms with Crippen LogP contribution in [0.3, 0.4) is 0 Å². The molecule has 2 aromatic carbocycles. The van der Waals surface area contributed by atoms with Gasteiger partial charge in [-0.25, -0.2) is 4.98 Å². The number of hydrogen-bond donors (Lipinski definition) is 1. The Kier molecular flexibility index (Phi) is 7.42. The summed E-state index contributed by atoms with van der Waals surface area (Å²) in [4.78, 5) is 21.6. The van der Waals surface area contributed by atoms with E-state index in [-0.39, 0.29) is 24.1 Å². The van der Waals surface area contributed by atoms with Crippen LogP contribution in [0.25, 0.3) is 0 Å². The third-order valence-corrected chi connectivity index (χ3v) is 5.57. The highest BCUT2D eigenvalue weighted by Crippen LogP contribution is 2.40. The predicted octanol–water partition coefficient (Wildman–Crippen LogP) is 3.66. The number of amides is 1. The van der Waals surface area contributed by atoms with E-state index in [9.17, 15) is 4.79 Å². The maximum absolute atomic E-state index is 12.3. The van der Waals surface area contributed by atoms with E-state index in [1.165, 1.54) is 14.2 Å². The first kappa shape index (κ1) is 23.7.